The van der Waals surface area contributed by atoms with Crippen LogP contribution in [0.5, 0.6) is 0 Å². The van der Waals surface area contributed by atoms with Gasteiger partial charge < -0.3 is 5.73 Å². The van der Waals surface area contributed by atoms with Crippen LogP contribution in [0.4, 0.5) is 5.69 Å². The number of nitro benzene ring substituents is 1. The van der Waals surface area contributed by atoms with Crippen LogP contribution in [-0.2, 0) is 6.42 Å². The molecule has 0 bridgehead atoms. The van der Waals surface area contributed by atoms with Gasteiger partial charge in [-0.2, -0.15) is 0 Å². The summed E-state index contributed by atoms with van der Waals surface area (Å²) in [7, 11) is 0. The fourth-order valence-corrected chi connectivity index (χ4v) is 1.97. The van der Waals surface area contributed by atoms with E-state index in [0.29, 0.717) is 11.9 Å². The molecule has 2 rings (SSSR count). The van der Waals surface area contributed by atoms with E-state index in [1.807, 2.05) is 19.1 Å². The fraction of sp³-hybridized carbons (Fsp3) is 0.308. The highest BCUT2D eigenvalue weighted by Crippen LogP contribution is 2.26. The van der Waals surface area contributed by atoms with Gasteiger partial charge >= 0.3 is 0 Å². The minimum atomic E-state index is -0.404. The van der Waals surface area contributed by atoms with Crippen LogP contribution >= 0.6 is 0 Å². The summed E-state index contributed by atoms with van der Waals surface area (Å²) in [5.41, 5.74) is 7.43. The molecule has 0 fully saturated rings. The second-order valence-electron chi connectivity index (χ2n) is 4.27. The van der Waals surface area contributed by atoms with E-state index in [0.717, 1.165) is 17.4 Å². The average molecular weight is 245 g/mol. The highest BCUT2D eigenvalue weighted by molar-refractivity contribution is 5.89. The van der Waals surface area contributed by atoms with E-state index >= 15 is 0 Å². The zero-order valence-corrected chi connectivity index (χ0v) is 10.2. The van der Waals surface area contributed by atoms with Gasteiger partial charge in [-0.15, -0.1) is 0 Å². The third-order valence-corrected chi connectivity index (χ3v) is 3.04. The van der Waals surface area contributed by atoms with E-state index in [9.17, 15) is 10.1 Å². The van der Waals surface area contributed by atoms with E-state index in [-0.39, 0.29) is 11.7 Å². The Labute approximate surface area is 105 Å². The summed E-state index contributed by atoms with van der Waals surface area (Å²) in [6.45, 7) is 2.02. The van der Waals surface area contributed by atoms with E-state index in [1.165, 1.54) is 6.07 Å². The number of benzene rings is 1. The van der Waals surface area contributed by atoms with Gasteiger partial charge in [0.15, 0.2) is 0 Å². The maximum atomic E-state index is 10.9. The van der Waals surface area contributed by atoms with Gasteiger partial charge in [0.2, 0.25) is 0 Å². The van der Waals surface area contributed by atoms with Crippen molar-refractivity contribution in [3.05, 3.63) is 46.1 Å². The quantitative estimate of drug-likeness (QED) is 0.662. The van der Waals surface area contributed by atoms with E-state index in [4.69, 9.17) is 5.73 Å². The van der Waals surface area contributed by atoms with Gasteiger partial charge in [-0.1, -0.05) is 19.1 Å². The lowest BCUT2D eigenvalue weighted by Gasteiger charge is -2.10. The molecule has 0 spiro atoms. The summed E-state index contributed by atoms with van der Waals surface area (Å²) < 4.78 is 0. The fourth-order valence-electron chi connectivity index (χ4n) is 1.97. The lowest BCUT2D eigenvalue weighted by atomic mass is 10.0. The first-order chi connectivity index (χ1) is 8.63. The van der Waals surface area contributed by atoms with Crippen LogP contribution in [0.2, 0.25) is 0 Å². The van der Waals surface area contributed by atoms with Crippen molar-refractivity contribution in [2.24, 2.45) is 5.73 Å². The molecule has 2 aromatic rings. The largest absolute Gasteiger partial charge is 0.327 e. The molecular weight excluding hydrogens is 230 g/mol. The van der Waals surface area contributed by atoms with Crippen LogP contribution in [0.15, 0.2) is 30.5 Å². The number of fused-ring (bicyclic) bond motifs is 1. The van der Waals surface area contributed by atoms with Gasteiger partial charge in [0, 0.05) is 23.7 Å². The van der Waals surface area contributed by atoms with Crippen molar-refractivity contribution < 1.29 is 4.92 Å². The van der Waals surface area contributed by atoms with Crippen molar-refractivity contribution in [2.75, 3.05) is 0 Å². The Balaban J connectivity index is 2.56. The Bertz CT molecular complexity index is 583. The van der Waals surface area contributed by atoms with Crippen LogP contribution in [0.3, 0.4) is 0 Å². The summed E-state index contributed by atoms with van der Waals surface area (Å²) >= 11 is 0. The number of non-ortho nitro benzene ring substituents is 1. The molecule has 0 saturated carbocycles. The van der Waals surface area contributed by atoms with Crippen LogP contribution in [0, 0.1) is 10.1 Å². The van der Waals surface area contributed by atoms with Crippen LogP contribution in [-0.4, -0.2) is 15.9 Å². The van der Waals surface area contributed by atoms with Gasteiger partial charge in [-0.25, -0.2) is 4.98 Å². The molecule has 1 heterocycles. The predicted molar refractivity (Wildman–Crippen MR) is 70.4 cm³/mol. The van der Waals surface area contributed by atoms with Gasteiger partial charge in [-0.3, -0.25) is 10.1 Å². The van der Waals surface area contributed by atoms with Crippen molar-refractivity contribution in [2.45, 2.75) is 25.8 Å². The van der Waals surface area contributed by atoms with Crippen LogP contribution in [0.1, 0.15) is 18.9 Å². The first-order valence-corrected chi connectivity index (χ1v) is 5.90. The molecule has 94 valence electrons. The van der Waals surface area contributed by atoms with Gasteiger partial charge in [-0.05, 0) is 24.5 Å². The number of aromatic nitrogens is 1. The smallest absolute Gasteiger partial charge is 0.295 e. The first kappa shape index (κ1) is 12.4. The van der Waals surface area contributed by atoms with Gasteiger partial charge in [0.1, 0.15) is 5.52 Å². The molecule has 1 aromatic heterocycles. The molecule has 2 N–H and O–H groups in total. The minimum Gasteiger partial charge on any atom is -0.327 e. The number of para-hydroxylation sites is 1. The standard InChI is InChI=1S/C13H15N3O2/c1-2-10(14)8-9-6-7-15-13-11(9)4-3-5-12(13)16(17)18/h3-7,10H,2,8,14H2,1H3. The predicted octanol–water partition coefficient (Wildman–Crippen LogP) is 2.42. The highest BCUT2D eigenvalue weighted by atomic mass is 16.6. The lowest BCUT2D eigenvalue weighted by Crippen LogP contribution is -2.21. The molecule has 0 aliphatic rings. The third kappa shape index (κ3) is 2.31. The Hall–Kier alpha value is -2.01. The van der Waals surface area contributed by atoms with Crippen LogP contribution < -0.4 is 5.73 Å². The molecule has 1 atom stereocenters. The topological polar surface area (TPSA) is 82.0 Å². The molecule has 0 aliphatic heterocycles. The summed E-state index contributed by atoms with van der Waals surface area (Å²) in [6, 6.07) is 6.95. The molecule has 1 aromatic carbocycles. The summed E-state index contributed by atoms with van der Waals surface area (Å²) in [6.07, 6.45) is 3.18. The number of nitro groups is 1. The highest BCUT2D eigenvalue weighted by Gasteiger charge is 2.15. The number of nitrogens with two attached hydrogens (primary N) is 1. The number of hydrogen-bond acceptors (Lipinski definition) is 4. The first-order valence-electron chi connectivity index (χ1n) is 5.90. The Morgan fingerprint density at radius 2 is 2.22 bits per heavy atom. The second-order valence-corrected chi connectivity index (χ2v) is 4.27. The maximum absolute atomic E-state index is 10.9. The molecule has 5 heteroatoms. The van der Waals surface area contributed by atoms with Crippen LogP contribution in [0.25, 0.3) is 10.9 Å². The van der Waals surface area contributed by atoms with E-state index in [2.05, 4.69) is 4.98 Å². The lowest BCUT2D eigenvalue weighted by molar-refractivity contribution is -0.383. The van der Waals surface area contributed by atoms with Gasteiger partial charge in [0.05, 0.1) is 4.92 Å². The van der Waals surface area contributed by atoms with E-state index < -0.39 is 4.92 Å². The zero-order valence-electron chi connectivity index (χ0n) is 10.2. The number of pyridine rings is 1. The molecular formula is C13H15N3O2. The van der Waals surface area contributed by atoms with Gasteiger partial charge in [0.25, 0.3) is 5.69 Å². The molecule has 1 unspecified atom stereocenters. The van der Waals surface area contributed by atoms with Crippen molar-refractivity contribution in [1.29, 1.82) is 0 Å². The monoisotopic (exact) mass is 245 g/mol. The number of hydrogen-bond donors (Lipinski definition) is 1. The maximum Gasteiger partial charge on any atom is 0.295 e. The molecule has 0 amide bonds. The minimum absolute atomic E-state index is 0.0411. The summed E-state index contributed by atoms with van der Waals surface area (Å²) in [5.74, 6) is 0. The average Bonchev–Trinajstić information content (AvgIpc) is 2.38. The van der Waals surface area contributed by atoms with Crippen molar-refractivity contribution >= 4 is 16.6 Å². The molecule has 5 nitrogen and oxygen atoms in total. The number of rotatable bonds is 4. The van der Waals surface area contributed by atoms with Crippen molar-refractivity contribution in [1.82, 2.24) is 4.98 Å². The third-order valence-electron chi connectivity index (χ3n) is 3.04. The SMILES string of the molecule is CCC(N)Cc1ccnc2c([N+](=O)[O-])cccc12. The Kier molecular flexibility index (Phi) is 3.53. The normalized spacial score (nSPS) is 12.6. The molecule has 0 saturated heterocycles. The zero-order chi connectivity index (χ0) is 13.1. The second kappa shape index (κ2) is 5.10. The molecule has 0 radical (unpaired) electrons. The summed E-state index contributed by atoms with van der Waals surface area (Å²) in [4.78, 5) is 14.7. The number of nitrogens with zero attached hydrogens (tertiary/aromatic N) is 2. The van der Waals surface area contributed by atoms with E-state index in [1.54, 1.807) is 12.3 Å². The molecule has 18 heavy (non-hydrogen) atoms. The summed E-state index contributed by atoms with van der Waals surface area (Å²) in [5, 5.41) is 11.8. The Morgan fingerprint density at radius 1 is 1.44 bits per heavy atom. The van der Waals surface area contributed by atoms with Crippen molar-refractivity contribution in [3.8, 4) is 0 Å². The van der Waals surface area contributed by atoms with Crippen molar-refractivity contribution in [3.63, 3.8) is 0 Å². The Morgan fingerprint density at radius 3 is 2.89 bits per heavy atom. The molecule has 0 aliphatic carbocycles.